The lowest BCUT2D eigenvalue weighted by atomic mass is 10.2. The van der Waals surface area contributed by atoms with E-state index in [1.54, 1.807) is 6.07 Å². The van der Waals surface area contributed by atoms with Crippen LogP contribution in [0.4, 0.5) is 21.5 Å². The van der Waals surface area contributed by atoms with E-state index in [2.05, 4.69) is 5.32 Å². The van der Waals surface area contributed by atoms with Crippen LogP contribution >= 0.6 is 0 Å². The van der Waals surface area contributed by atoms with Gasteiger partial charge in [0.25, 0.3) is 0 Å². The van der Waals surface area contributed by atoms with Crippen molar-refractivity contribution in [2.45, 2.75) is 0 Å². The molecule has 0 aliphatic carbocycles. The summed E-state index contributed by atoms with van der Waals surface area (Å²) in [7, 11) is -3.77. The van der Waals surface area contributed by atoms with Crippen LogP contribution in [-0.4, -0.2) is 61.0 Å². The van der Waals surface area contributed by atoms with Crippen LogP contribution in [0.1, 0.15) is 0 Å². The number of nitrogens with zero attached hydrogens (tertiary/aromatic N) is 3. The maximum atomic E-state index is 14.2. The molecule has 0 saturated heterocycles. The number of carbonyl (C=O) groups excluding carboxylic acids is 1. The first-order chi connectivity index (χ1) is 13.8. The summed E-state index contributed by atoms with van der Waals surface area (Å²) in [4.78, 5) is 12.6. The minimum absolute atomic E-state index is 0.253. The zero-order valence-corrected chi connectivity index (χ0v) is 18.5. The summed E-state index contributed by atoms with van der Waals surface area (Å²) in [6.45, 7) is -0.687. The lowest BCUT2D eigenvalue weighted by molar-refractivity contribution is -0.114. The lowest BCUT2D eigenvalue weighted by Crippen LogP contribution is -2.44. The molecule has 1 N–H and O–H groups in total. The van der Waals surface area contributed by atoms with Crippen LogP contribution in [0, 0.1) is 5.82 Å². The molecule has 12 heteroatoms. The van der Waals surface area contributed by atoms with Crippen molar-refractivity contribution < 1.29 is 26.0 Å². The predicted molar refractivity (Wildman–Crippen MR) is 115 cm³/mol. The molecular weight excluding hydrogens is 435 g/mol. The first-order valence-corrected chi connectivity index (χ1v) is 11.9. The summed E-state index contributed by atoms with van der Waals surface area (Å²) in [5.41, 5.74) is 0.290. The van der Waals surface area contributed by atoms with E-state index in [1.165, 1.54) is 57.5 Å². The Morgan fingerprint density at radius 1 is 1.00 bits per heavy atom. The largest absolute Gasteiger partial charge is 0.324 e. The van der Waals surface area contributed by atoms with E-state index in [4.69, 9.17) is 0 Å². The average Bonchev–Trinajstić information content (AvgIpc) is 2.65. The van der Waals surface area contributed by atoms with Crippen LogP contribution in [0.25, 0.3) is 0 Å². The van der Waals surface area contributed by atoms with E-state index in [-0.39, 0.29) is 11.4 Å². The molecule has 0 aliphatic heterocycles. The highest BCUT2D eigenvalue weighted by molar-refractivity contribution is 7.92. The van der Waals surface area contributed by atoms with Crippen molar-refractivity contribution in [3.8, 4) is 0 Å². The Labute approximate surface area is 175 Å². The highest BCUT2D eigenvalue weighted by atomic mass is 32.2. The van der Waals surface area contributed by atoms with Gasteiger partial charge in [-0.15, -0.1) is 0 Å². The number of sulfonamides is 1. The van der Waals surface area contributed by atoms with Crippen molar-refractivity contribution in [2.24, 2.45) is 0 Å². The molecule has 0 fully saturated rings. The second kappa shape index (κ2) is 8.98. The monoisotopic (exact) mass is 458 g/mol. The van der Waals surface area contributed by atoms with Gasteiger partial charge in [-0.3, -0.25) is 9.10 Å². The Kier molecular flexibility index (Phi) is 7.06. The standard InChI is InChI=1S/C18H23FN4O5S2/c1-21(2)30(27,28)23(17-11-6-5-10-16(17)19)13-18(24)20-14-8-7-9-15(12-14)22(3)29(4,25)26/h5-12H,13H2,1-4H3,(H,20,24). The minimum atomic E-state index is -4.16. The highest BCUT2D eigenvalue weighted by Gasteiger charge is 2.29. The summed E-state index contributed by atoms with van der Waals surface area (Å²) >= 11 is 0. The number of nitrogens with one attached hydrogen (secondary N) is 1. The fraction of sp³-hybridized carbons (Fsp3) is 0.278. The summed E-state index contributed by atoms with van der Waals surface area (Å²) in [6.07, 6.45) is 1.04. The molecule has 0 aliphatic rings. The summed E-state index contributed by atoms with van der Waals surface area (Å²) in [6, 6.07) is 11.2. The van der Waals surface area contributed by atoms with E-state index in [0.29, 0.717) is 9.99 Å². The summed E-state index contributed by atoms with van der Waals surface area (Å²) < 4.78 is 65.5. The topological polar surface area (TPSA) is 107 Å². The first-order valence-electron chi connectivity index (χ1n) is 8.62. The molecule has 0 saturated carbocycles. The first kappa shape index (κ1) is 23.6. The van der Waals surface area contributed by atoms with E-state index in [1.807, 2.05) is 0 Å². The van der Waals surface area contributed by atoms with Crippen molar-refractivity contribution in [1.82, 2.24) is 4.31 Å². The number of carbonyl (C=O) groups is 1. The van der Waals surface area contributed by atoms with Crippen LogP contribution in [0.5, 0.6) is 0 Å². The molecule has 0 aromatic heterocycles. The van der Waals surface area contributed by atoms with Gasteiger partial charge in [0.05, 0.1) is 17.6 Å². The molecule has 30 heavy (non-hydrogen) atoms. The minimum Gasteiger partial charge on any atom is -0.324 e. The number of para-hydroxylation sites is 1. The van der Waals surface area contributed by atoms with Crippen molar-refractivity contribution >= 4 is 43.2 Å². The number of anilines is 3. The van der Waals surface area contributed by atoms with Gasteiger partial charge in [-0.1, -0.05) is 18.2 Å². The van der Waals surface area contributed by atoms with E-state index in [0.717, 1.165) is 20.9 Å². The van der Waals surface area contributed by atoms with Gasteiger partial charge >= 0.3 is 10.2 Å². The zero-order valence-electron chi connectivity index (χ0n) is 16.9. The van der Waals surface area contributed by atoms with Gasteiger partial charge in [0.15, 0.2) is 0 Å². The van der Waals surface area contributed by atoms with Gasteiger partial charge in [-0.2, -0.15) is 12.7 Å². The van der Waals surface area contributed by atoms with Crippen LogP contribution < -0.4 is 13.9 Å². The number of hydrogen-bond donors (Lipinski definition) is 1. The number of hydrogen-bond acceptors (Lipinski definition) is 5. The van der Waals surface area contributed by atoms with Crippen molar-refractivity contribution in [1.29, 1.82) is 0 Å². The Morgan fingerprint density at radius 3 is 2.20 bits per heavy atom. The molecule has 0 heterocycles. The fourth-order valence-corrected chi connectivity index (χ4v) is 4.01. The van der Waals surface area contributed by atoms with Crippen LogP contribution in [0.2, 0.25) is 0 Å². The molecule has 2 rings (SSSR count). The van der Waals surface area contributed by atoms with Gasteiger partial charge in [0, 0.05) is 26.8 Å². The van der Waals surface area contributed by atoms with Crippen molar-refractivity contribution in [3.63, 3.8) is 0 Å². The molecule has 2 aromatic carbocycles. The third-order valence-electron chi connectivity index (χ3n) is 4.14. The average molecular weight is 459 g/mol. The van der Waals surface area contributed by atoms with E-state index in [9.17, 15) is 26.0 Å². The number of rotatable bonds is 8. The smallest absolute Gasteiger partial charge is 0.304 e. The molecule has 0 bridgehead atoms. The SMILES string of the molecule is CN(c1cccc(NC(=O)CN(c2ccccc2F)S(=O)(=O)N(C)C)c1)S(C)(=O)=O. The molecule has 9 nitrogen and oxygen atoms in total. The molecule has 0 atom stereocenters. The molecule has 0 radical (unpaired) electrons. The molecule has 164 valence electrons. The van der Waals surface area contributed by atoms with Crippen molar-refractivity contribution in [2.75, 3.05) is 47.9 Å². The van der Waals surface area contributed by atoms with Crippen molar-refractivity contribution in [3.05, 3.63) is 54.3 Å². The normalized spacial score (nSPS) is 11.9. The predicted octanol–water partition coefficient (Wildman–Crippen LogP) is 1.47. The lowest BCUT2D eigenvalue weighted by Gasteiger charge is -2.27. The summed E-state index contributed by atoms with van der Waals surface area (Å²) in [5, 5.41) is 2.51. The van der Waals surface area contributed by atoms with Gasteiger partial charge < -0.3 is 5.32 Å². The molecule has 1 amide bonds. The Morgan fingerprint density at radius 2 is 1.63 bits per heavy atom. The van der Waals surface area contributed by atoms with E-state index >= 15 is 0 Å². The number of benzene rings is 2. The third kappa shape index (κ3) is 5.46. The van der Waals surface area contributed by atoms with Gasteiger partial charge in [0.2, 0.25) is 15.9 Å². The Hall–Kier alpha value is -2.70. The second-order valence-corrected chi connectivity index (χ2v) is 10.7. The maximum Gasteiger partial charge on any atom is 0.304 e. The maximum absolute atomic E-state index is 14.2. The molecule has 0 spiro atoms. The quantitative estimate of drug-likeness (QED) is 0.645. The summed E-state index contributed by atoms with van der Waals surface area (Å²) in [5.74, 6) is -1.53. The van der Waals surface area contributed by atoms with Crippen LogP contribution in [0.15, 0.2) is 48.5 Å². The zero-order chi connectivity index (χ0) is 22.7. The van der Waals surface area contributed by atoms with E-state index < -0.39 is 38.5 Å². The Balaban J connectivity index is 2.31. The molecular formula is C18H23FN4O5S2. The highest BCUT2D eigenvalue weighted by Crippen LogP contribution is 2.24. The second-order valence-electron chi connectivity index (χ2n) is 6.58. The van der Waals surface area contributed by atoms with Gasteiger partial charge in [0.1, 0.15) is 12.4 Å². The third-order valence-corrected chi connectivity index (χ3v) is 7.15. The molecule has 2 aromatic rings. The van der Waals surface area contributed by atoms with Crippen LogP contribution in [-0.2, 0) is 25.0 Å². The van der Waals surface area contributed by atoms with Crippen LogP contribution in [0.3, 0.4) is 0 Å². The molecule has 0 unspecified atom stereocenters. The fourth-order valence-electron chi connectivity index (χ4n) is 2.44. The number of amides is 1. The van der Waals surface area contributed by atoms with Gasteiger partial charge in [-0.05, 0) is 30.3 Å². The van der Waals surface area contributed by atoms with Gasteiger partial charge in [-0.25, -0.2) is 17.1 Å². The Bertz CT molecular complexity index is 1140. The number of halogens is 1.